The topological polar surface area (TPSA) is 77.2 Å². The Morgan fingerprint density at radius 1 is 1.42 bits per heavy atom. The smallest absolute Gasteiger partial charge is 0.328 e. The number of ether oxygens (including phenoxy) is 1. The molecule has 3 N–H and O–H groups in total. The molecule has 0 fully saturated rings. The molecule has 0 saturated carbocycles. The summed E-state index contributed by atoms with van der Waals surface area (Å²) in [4.78, 5) is 15.7. The fraction of sp³-hybridized carbons (Fsp3) is 0.286. The van der Waals surface area contributed by atoms with Crippen LogP contribution in [0.1, 0.15) is 12.5 Å². The van der Waals surface area contributed by atoms with Crippen molar-refractivity contribution in [3.05, 3.63) is 30.0 Å². The number of rotatable bonds is 3. The monoisotopic (exact) mass is 259 g/mol. The molecule has 0 aliphatic rings. The number of anilines is 2. The highest BCUT2D eigenvalue weighted by Gasteiger charge is 2.15. The molecule has 5 heteroatoms. The number of nitrogens with one attached hydrogen (secondary N) is 1. The van der Waals surface area contributed by atoms with E-state index in [0.717, 1.165) is 16.3 Å². The molecule has 0 aliphatic heterocycles. The van der Waals surface area contributed by atoms with Crippen LogP contribution in [0.4, 0.5) is 11.5 Å². The Balaban J connectivity index is 2.46. The first kappa shape index (κ1) is 13.1. The van der Waals surface area contributed by atoms with Gasteiger partial charge in [-0.15, -0.1) is 0 Å². The molecule has 1 aromatic heterocycles. The maximum Gasteiger partial charge on any atom is 0.328 e. The van der Waals surface area contributed by atoms with Crippen LogP contribution in [0.3, 0.4) is 0 Å². The number of fused-ring (bicyclic) bond motifs is 1. The van der Waals surface area contributed by atoms with E-state index in [0.29, 0.717) is 11.5 Å². The molecule has 1 atom stereocenters. The van der Waals surface area contributed by atoms with Crippen LogP contribution >= 0.6 is 0 Å². The van der Waals surface area contributed by atoms with E-state index in [1.165, 1.54) is 7.11 Å². The van der Waals surface area contributed by atoms with Crippen LogP contribution < -0.4 is 11.1 Å². The quantitative estimate of drug-likeness (QED) is 0.652. The summed E-state index contributed by atoms with van der Waals surface area (Å²) in [5.41, 5.74) is 7.74. The van der Waals surface area contributed by atoms with Crippen LogP contribution in [0.15, 0.2) is 24.4 Å². The third-order valence-electron chi connectivity index (χ3n) is 2.96. The van der Waals surface area contributed by atoms with E-state index >= 15 is 0 Å². The molecule has 0 spiro atoms. The number of nitrogens with two attached hydrogens (primary N) is 1. The molecular weight excluding hydrogens is 242 g/mol. The highest BCUT2D eigenvalue weighted by atomic mass is 16.5. The molecule has 0 amide bonds. The average Bonchev–Trinajstić information content (AvgIpc) is 2.38. The molecule has 2 rings (SSSR count). The molecular formula is C14H17N3O2. The van der Waals surface area contributed by atoms with Crippen LogP contribution in [-0.4, -0.2) is 24.1 Å². The van der Waals surface area contributed by atoms with Gasteiger partial charge in [0.05, 0.1) is 7.11 Å². The largest absolute Gasteiger partial charge is 0.467 e. The lowest BCUT2D eigenvalue weighted by Crippen LogP contribution is -2.27. The normalized spacial score (nSPS) is 12.2. The second-order valence-electron chi connectivity index (χ2n) is 4.50. The molecule has 19 heavy (non-hydrogen) atoms. The average molecular weight is 259 g/mol. The third kappa shape index (κ3) is 2.59. The van der Waals surface area contributed by atoms with Gasteiger partial charge in [-0.05, 0) is 37.6 Å². The number of carbonyl (C=O) groups is 1. The van der Waals surface area contributed by atoms with E-state index in [-0.39, 0.29) is 5.97 Å². The van der Waals surface area contributed by atoms with Gasteiger partial charge in [-0.1, -0.05) is 0 Å². The van der Waals surface area contributed by atoms with Crippen LogP contribution in [0, 0.1) is 6.92 Å². The Kier molecular flexibility index (Phi) is 3.55. The van der Waals surface area contributed by atoms with E-state index in [2.05, 4.69) is 15.0 Å². The van der Waals surface area contributed by atoms with E-state index in [9.17, 15) is 4.79 Å². The van der Waals surface area contributed by atoms with Gasteiger partial charge in [0, 0.05) is 22.7 Å². The van der Waals surface area contributed by atoms with Gasteiger partial charge >= 0.3 is 5.97 Å². The van der Waals surface area contributed by atoms with Crippen molar-refractivity contribution in [2.75, 3.05) is 18.2 Å². The van der Waals surface area contributed by atoms with Gasteiger partial charge < -0.3 is 15.8 Å². The Morgan fingerprint density at radius 2 is 2.16 bits per heavy atom. The first-order chi connectivity index (χ1) is 9.02. The molecule has 0 saturated heterocycles. The number of pyridine rings is 1. The SMILES string of the molecule is COC(=O)C(C)Nc1nccc2c(N)cc(C)cc12. The fourth-order valence-electron chi connectivity index (χ4n) is 2.02. The van der Waals surface area contributed by atoms with E-state index in [1.54, 1.807) is 13.1 Å². The first-order valence-corrected chi connectivity index (χ1v) is 6.02. The highest BCUT2D eigenvalue weighted by molar-refractivity contribution is 6.00. The Labute approximate surface area is 111 Å². The van der Waals surface area contributed by atoms with Gasteiger partial charge in [0.1, 0.15) is 11.9 Å². The van der Waals surface area contributed by atoms with Gasteiger partial charge in [0.25, 0.3) is 0 Å². The van der Waals surface area contributed by atoms with E-state index < -0.39 is 6.04 Å². The summed E-state index contributed by atoms with van der Waals surface area (Å²) in [6.07, 6.45) is 1.67. The predicted molar refractivity (Wildman–Crippen MR) is 76.0 cm³/mol. The zero-order valence-electron chi connectivity index (χ0n) is 11.2. The maximum absolute atomic E-state index is 11.4. The van der Waals surface area contributed by atoms with E-state index in [1.807, 2.05) is 25.1 Å². The molecule has 5 nitrogen and oxygen atoms in total. The van der Waals surface area contributed by atoms with Crippen LogP contribution in [0.25, 0.3) is 10.8 Å². The molecule has 2 aromatic rings. The number of carbonyl (C=O) groups excluding carboxylic acids is 1. The number of aryl methyl sites for hydroxylation is 1. The molecule has 100 valence electrons. The van der Waals surface area contributed by atoms with Gasteiger partial charge in [0.2, 0.25) is 0 Å². The van der Waals surface area contributed by atoms with Crippen molar-refractivity contribution in [3.8, 4) is 0 Å². The lowest BCUT2D eigenvalue weighted by molar-refractivity contribution is -0.141. The summed E-state index contributed by atoms with van der Waals surface area (Å²) < 4.78 is 4.69. The van der Waals surface area contributed by atoms with Crippen LogP contribution in [-0.2, 0) is 9.53 Å². The molecule has 1 aromatic carbocycles. The molecule has 1 heterocycles. The van der Waals surface area contributed by atoms with Crippen molar-refractivity contribution in [3.63, 3.8) is 0 Å². The van der Waals surface area contributed by atoms with Crippen molar-refractivity contribution in [2.24, 2.45) is 0 Å². The van der Waals surface area contributed by atoms with Crippen LogP contribution in [0.5, 0.6) is 0 Å². The third-order valence-corrected chi connectivity index (χ3v) is 2.96. The number of methoxy groups -OCH3 is 1. The minimum absolute atomic E-state index is 0.334. The standard InChI is InChI=1S/C14H17N3O2/c1-8-6-11-10(12(15)7-8)4-5-16-13(11)17-9(2)14(18)19-3/h4-7,9H,15H2,1-3H3,(H,16,17). The number of hydrogen-bond acceptors (Lipinski definition) is 5. The van der Waals surface area contributed by atoms with Gasteiger partial charge in [-0.3, -0.25) is 0 Å². The van der Waals surface area contributed by atoms with Crippen molar-refractivity contribution in [1.82, 2.24) is 4.98 Å². The minimum atomic E-state index is -0.468. The second-order valence-corrected chi connectivity index (χ2v) is 4.50. The maximum atomic E-state index is 11.4. The summed E-state index contributed by atoms with van der Waals surface area (Å²) in [7, 11) is 1.36. The van der Waals surface area contributed by atoms with Gasteiger partial charge in [-0.25, -0.2) is 9.78 Å². The molecule has 1 unspecified atom stereocenters. The number of hydrogen-bond donors (Lipinski definition) is 2. The number of nitrogens with zero attached hydrogens (tertiary/aromatic N) is 1. The Bertz CT molecular complexity index is 625. The predicted octanol–water partition coefficient (Wildman–Crippen LogP) is 2.10. The molecule has 0 radical (unpaired) electrons. The summed E-state index contributed by atoms with van der Waals surface area (Å²) in [6.45, 7) is 3.70. The number of benzene rings is 1. The number of esters is 1. The summed E-state index contributed by atoms with van der Waals surface area (Å²) in [5.74, 6) is 0.297. The summed E-state index contributed by atoms with van der Waals surface area (Å²) in [5, 5.41) is 4.86. The van der Waals surface area contributed by atoms with E-state index in [4.69, 9.17) is 5.73 Å². The van der Waals surface area contributed by atoms with Crippen molar-refractivity contribution >= 4 is 28.2 Å². The first-order valence-electron chi connectivity index (χ1n) is 6.02. The van der Waals surface area contributed by atoms with Crippen LogP contribution in [0.2, 0.25) is 0 Å². The van der Waals surface area contributed by atoms with Crippen molar-refractivity contribution < 1.29 is 9.53 Å². The summed E-state index contributed by atoms with van der Waals surface area (Å²) in [6, 6.07) is 5.30. The Morgan fingerprint density at radius 3 is 2.84 bits per heavy atom. The van der Waals surface area contributed by atoms with Crippen molar-refractivity contribution in [1.29, 1.82) is 0 Å². The Hall–Kier alpha value is -2.30. The fourth-order valence-corrected chi connectivity index (χ4v) is 2.02. The van der Waals surface area contributed by atoms with Crippen molar-refractivity contribution in [2.45, 2.75) is 19.9 Å². The zero-order valence-corrected chi connectivity index (χ0v) is 11.2. The molecule has 0 bridgehead atoms. The summed E-state index contributed by atoms with van der Waals surface area (Å²) >= 11 is 0. The minimum Gasteiger partial charge on any atom is -0.467 e. The highest BCUT2D eigenvalue weighted by Crippen LogP contribution is 2.27. The lowest BCUT2D eigenvalue weighted by atomic mass is 10.1. The number of nitrogen functional groups attached to an aromatic ring is 1. The lowest BCUT2D eigenvalue weighted by Gasteiger charge is -2.14. The van der Waals surface area contributed by atoms with Gasteiger partial charge in [-0.2, -0.15) is 0 Å². The molecule has 0 aliphatic carbocycles. The zero-order chi connectivity index (χ0) is 14.0. The second kappa shape index (κ2) is 5.14. The van der Waals surface area contributed by atoms with Gasteiger partial charge in [0.15, 0.2) is 0 Å². The number of aromatic nitrogens is 1.